The molecule has 3 N–H and O–H groups in total. The molecule has 7 heteroatoms. The molecule has 0 unspecified atom stereocenters. The van der Waals surface area contributed by atoms with Crippen molar-refractivity contribution in [1.29, 1.82) is 0 Å². The van der Waals surface area contributed by atoms with E-state index >= 15 is 0 Å². The molecule has 0 aliphatic rings. The second kappa shape index (κ2) is 8.82. The van der Waals surface area contributed by atoms with E-state index in [1.807, 2.05) is 13.8 Å². The minimum Gasteiger partial charge on any atom is -0.393 e. The fraction of sp³-hybridized carbons (Fsp3) is 0.750. The highest BCUT2D eigenvalue weighted by Gasteiger charge is 2.14. The maximum absolute atomic E-state index is 11.8. The molecule has 0 aliphatic carbocycles. The van der Waals surface area contributed by atoms with E-state index in [4.69, 9.17) is 18.0 Å². The standard InChI is InChI=1S/C12H24N4O2S/c1-9(2)14-11(17)7-15(3)8-12(18)16(4)6-5-10(13)19/h9H,5-8H2,1-4H3,(H2,13,19)(H,14,17). The lowest BCUT2D eigenvalue weighted by Gasteiger charge is -2.21. The van der Waals surface area contributed by atoms with Gasteiger partial charge in [-0.05, 0) is 20.9 Å². The molecule has 0 heterocycles. The van der Waals surface area contributed by atoms with Gasteiger partial charge in [0.05, 0.1) is 18.1 Å². The predicted octanol–water partition coefficient (Wildman–Crippen LogP) is -0.423. The molecule has 0 bridgehead atoms. The Balaban J connectivity index is 4.03. The molecule has 0 aromatic rings. The molecule has 0 aliphatic heterocycles. The molecular formula is C12H24N4O2S. The molecule has 19 heavy (non-hydrogen) atoms. The number of nitrogens with one attached hydrogen (secondary N) is 1. The summed E-state index contributed by atoms with van der Waals surface area (Å²) >= 11 is 4.76. The van der Waals surface area contributed by atoms with Crippen LogP contribution < -0.4 is 11.1 Å². The summed E-state index contributed by atoms with van der Waals surface area (Å²) in [5, 5.41) is 2.78. The van der Waals surface area contributed by atoms with Crippen molar-refractivity contribution in [2.24, 2.45) is 5.73 Å². The van der Waals surface area contributed by atoms with E-state index in [2.05, 4.69) is 5.32 Å². The molecular weight excluding hydrogens is 264 g/mol. The van der Waals surface area contributed by atoms with Gasteiger partial charge in [-0.3, -0.25) is 14.5 Å². The molecule has 0 rings (SSSR count). The molecule has 0 radical (unpaired) electrons. The van der Waals surface area contributed by atoms with Crippen molar-refractivity contribution in [3.63, 3.8) is 0 Å². The first-order valence-electron chi connectivity index (χ1n) is 6.22. The van der Waals surface area contributed by atoms with Gasteiger partial charge < -0.3 is 16.0 Å². The zero-order valence-corrected chi connectivity index (χ0v) is 12.9. The summed E-state index contributed by atoms with van der Waals surface area (Å²) in [6.45, 7) is 4.69. The van der Waals surface area contributed by atoms with Crippen molar-refractivity contribution in [3.8, 4) is 0 Å². The van der Waals surface area contributed by atoms with E-state index in [9.17, 15) is 9.59 Å². The number of rotatable bonds is 8. The number of nitrogens with two attached hydrogens (primary N) is 1. The monoisotopic (exact) mass is 288 g/mol. The lowest BCUT2D eigenvalue weighted by molar-refractivity contribution is -0.131. The zero-order valence-electron chi connectivity index (χ0n) is 12.1. The molecule has 0 saturated heterocycles. The first kappa shape index (κ1) is 17.8. The Morgan fingerprint density at radius 1 is 1.26 bits per heavy atom. The summed E-state index contributed by atoms with van der Waals surface area (Å²) in [6.07, 6.45) is 0.509. The van der Waals surface area contributed by atoms with Crippen molar-refractivity contribution in [3.05, 3.63) is 0 Å². The van der Waals surface area contributed by atoms with Gasteiger partial charge in [0.2, 0.25) is 11.8 Å². The van der Waals surface area contributed by atoms with E-state index in [-0.39, 0.29) is 30.9 Å². The molecule has 110 valence electrons. The molecule has 0 fully saturated rings. The molecule has 6 nitrogen and oxygen atoms in total. The Kier molecular flexibility index (Phi) is 8.26. The zero-order chi connectivity index (χ0) is 15.0. The highest BCUT2D eigenvalue weighted by Crippen LogP contribution is 1.93. The fourth-order valence-corrected chi connectivity index (χ4v) is 1.51. The lowest BCUT2D eigenvalue weighted by atomic mass is 10.3. The van der Waals surface area contributed by atoms with Crippen LogP contribution in [0.15, 0.2) is 0 Å². The molecule has 2 amide bonds. The summed E-state index contributed by atoms with van der Waals surface area (Å²) in [5.41, 5.74) is 5.38. The van der Waals surface area contributed by atoms with Gasteiger partial charge >= 0.3 is 0 Å². The summed E-state index contributed by atoms with van der Waals surface area (Å²) in [4.78, 5) is 27.0. The SMILES string of the molecule is CC(C)NC(=O)CN(C)CC(=O)N(C)CCC(N)=S. The highest BCUT2D eigenvalue weighted by atomic mass is 32.1. The van der Waals surface area contributed by atoms with Crippen LogP contribution in [-0.4, -0.2) is 66.4 Å². The first-order valence-corrected chi connectivity index (χ1v) is 6.63. The third-order valence-corrected chi connectivity index (χ3v) is 2.59. The van der Waals surface area contributed by atoms with E-state index in [1.165, 1.54) is 0 Å². The summed E-state index contributed by atoms with van der Waals surface area (Å²) in [6, 6.07) is 0.102. The number of thiocarbonyl (C=S) groups is 1. The van der Waals surface area contributed by atoms with Crippen LogP contribution in [0.1, 0.15) is 20.3 Å². The Morgan fingerprint density at radius 3 is 2.32 bits per heavy atom. The minimum absolute atomic E-state index is 0.0592. The number of hydrogen-bond acceptors (Lipinski definition) is 4. The van der Waals surface area contributed by atoms with Gasteiger partial charge in [-0.15, -0.1) is 0 Å². The van der Waals surface area contributed by atoms with E-state index < -0.39 is 0 Å². The van der Waals surface area contributed by atoms with Gasteiger partial charge in [0, 0.05) is 26.1 Å². The topological polar surface area (TPSA) is 78.7 Å². The third kappa shape index (κ3) is 9.38. The average Bonchev–Trinajstić information content (AvgIpc) is 2.23. The van der Waals surface area contributed by atoms with E-state index in [0.29, 0.717) is 18.0 Å². The Hall–Kier alpha value is -1.21. The molecule has 0 aromatic carbocycles. The van der Waals surface area contributed by atoms with Crippen LogP contribution in [0, 0.1) is 0 Å². The average molecular weight is 288 g/mol. The number of carbonyl (C=O) groups is 2. The quantitative estimate of drug-likeness (QED) is 0.593. The largest absolute Gasteiger partial charge is 0.393 e. The van der Waals surface area contributed by atoms with Gasteiger partial charge in [-0.1, -0.05) is 12.2 Å². The van der Waals surface area contributed by atoms with Crippen LogP contribution in [0.25, 0.3) is 0 Å². The minimum atomic E-state index is -0.0870. The smallest absolute Gasteiger partial charge is 0.236 e. The lowest BCUT2D eigenvalue weighted by Crippen LogP contribution is -2.43. The normalized spacial score (nSPS) is 10.6. The third-order valence-electron chi connectivity index (χ3n) is 2.39. The van der Waals surface area contributed by atoms with Crippen LogP contribution >= 0.6 is 12.2 Å². The first-order chi connectivity index (χ1) is 8.72. The second-order valence-corrected chi connectivity index (χ2v) is 5.45. The summed E-state index contributed by atoms with van der Waals surface area (Å²) in [5.74, 6) is -0.146. The van der Waals surface area contributed by atoms with Crippen molar-refractivity contribution in [1.82, 2.24) is 15.1 Å². The van der Waals surface area contributed by atoms with Gasteiger partial charge in [0.15, 0.2) is 0 Å². The Morgan fingerprint density at radius 2 is 1.84 bits per heavy atom. The number of hydrogen-bond donors (Lipinski definition) is 2. The van der Waals surface area contributed by atoms with Crippen molar-refractivity contribution >= 4 is 29.0 Å². The van der Waals surface area contributed by atoms with Crippen LogP contribution in [0.5, 0.6) is 0 Å². The van der Waals surface area contributed by atoms with E-state index in [0.717, 1.165) is 0 Å². The second-order valence-electron chi connectivity index (χ2n) is 4.93. The van der Waals surface area contributed by atoms with E-state index in [1.54, 1.807) is 23.9 Å². The molecule has 0 saturated carbocycles. The fourth-order valence-electron chi connectivity index (χ4n) is 1.42. The van der Waals surface area contributed by atoms with Crippen LogP contribution in [0.2, 0.25) is 0 Å². The number of amides is 2. The highest BCUT2D eigenvalue weighted by molar-refractivity contribution is 7.80. The molecule has 0 atom stereocenters. The number of nitrogens with zero attached hydrogens (tertiary/aromatic N) is 2. The number of likely N-dealkylation sites (N-methyl/N-ethyl adjacent to an activating group) is 2. The predicted molar refractivity (Wildman–Crippen MR) is 79.8 cm³/mol. The van der Waals surface area contributed by atoms with Crippen molar-refractivity contribution < 1.29 is 9.59 Å². The van der Waals surface area contributed by atoms with Crippen LogP contribution in [0.4, 0.5) is 0 Å². The van der Waals surface area contributed by atoms with Gasteiger partial charge in [0.1, 0.15) is 0 Å². The van der Waals surface area contributed by atoms with Crippen LogP contribution in [-0.2, 0) is 9.59 Å². The van der Waals surface area contributed by atoms with Crippen molar-refractivity contribution in [2.45, 2.75) is 26.3 Å². The summed E-state index contributed by atoms with van der Waals surface area (Å²) < 4.78 is 0. The van der Waals surface area contributed by atoms with Gasteiger partial charge in [0.25, 0.3) is 0 Å². The summed E-state index contributed by atoms with van der Waals surface area (Å²) in [7, 11) is 3.43. The maximum atomic E-state index is 11.8. The molecule has 0 spiro atoms. The Bertz CT molecular complexity index is 334. The maximum Gasteiger partial charge on any atom is 0.236 e. The van der Waals surface area contributed by atoms with Crippen molar-refractivity contribution in [2.75, 3.05) is 33.7 Å². The Labute approximate surface area is 120 Å². The van der Waals surface area contributed by atoms with Crippen LogP contribution in [0.3, 0.4) is 0 Å². The number of carbonyl (C=O) groups excluding carboxylic acids is 2. The molecule has 0 aromatic heterocycles. The van der Waals surface area contributed by atoms with Gasteiger partial charge in [-0.2, -0.15) is 0 Å². The van der Waals surface area contributed by atoms with Gasteiger partial charge in [-0.25, -0.2) is 0 Å².